The Hall–Kier alpha value is -4.09. The average molecular weight is 635 g/mol. The topological polar surface area (TPSA) is 250 Å². The number of carboxylic acid groups (broad SMARTS) is 2. The van der Waals surface area contributed by atoms with Gasteiger partial charge in [0.1, 0.15) is 17.6 Å². The van der Waals surface area contributed by atoms with Gasteiger partial charge in [0.15, 0.2) is 24.4 Å². The minimum Gasteiger partial charge on any atom is -0.481 e. The van der Waals surface area contributed by atoms with E-state index in [-0.39, 0.29) is 24.8 Å². The van der Waals surface area contributed by atoms with Gasteiger partial charge in [-0.2, -0.15) is 0 Å². The zero-order valence-corrected chi connectivity index (χ0v) is 24.3. The Morgan fingerprint density at radius 2 is 1.82 bits per heavy atom. The van der Waals surface area contributed by atoms with Crippen LogP contribution in [0.2, 0.25) is 0 Å². The summed E-state index contributed by atoms with van der Waals surface area (Å²) in [6.45, 7) is 1.24. The molecule has 2 aliphatic carbocycles. The maximum Gasteiger partial charge on any atom is 0.343 e. The number of carbonyl (C=O) groups is 5. The van der Waals surface area contributed by atoms with Crippen LogP contribution in [-0.2, 0) is 51.9 Å². The fourth-order valence-corrected chi connectivity index (χ4v) is 7.03. The van der Waals surface area contributed by atoms with Crippen LogP contribution < -0.4 is 10.1 Å². The molecule has 1 amide bonds. The second-order valence-corrected chi connectivity index (χ2v) is 11.8. The van der Waals surface area contributed by atoms with Crippen molar-refractivity contribution in [1.82, 2.24) is 10.2 Å². The quantitative estimate of drug-likeness (QED) is 0.126. The number of aliphatic hydroxyl groups excluding tert-OH is 3. The molecule has 0 aromatic heterocycles. The van der Waals surface area contributed by atoms with E-state index in [0.717, 1.165) is 18.1 Å². The van der Waals surface area contributed by atoms with Gasteiger partial charge in [0.25, 0.3) is 5.91 Å². The lowest BCUT2D eigenvalue weighted by Crippen LogP contribution is -2.74. The minimum absolute atomic E-state index is 0.0548. The van der Waals surface area contributed by atoms with Gasteiger partial charge in [0, 0.05) is 23.6 Å². The first-order chi connectivity index (χ1) is 21.2. The zero-order valence-electron chi connectivity index (χ0n) is 24.3. The van der Waals surface area contributed by atoms with E-state index in [1.807, 2.05) is 18.4 Å². The third-order valence-electron chi connectivity index (χ3n) is 9.28. The van der Waals surface area contributed by atoms with Crippen LogP contribution in [0.25, 0.3) is 0 Å². The number of carbonyl (C=O) groups excluding carboxylic acids is 3. The second-order valence-electron chi connectivity index (χ2n) is 11.8. The first kappa shape index (κ1) is 32.3. The molecule has 1 spiro atoms. The van der Waals surface area contributed by atoms with Crippen molar-refractivity contribution in [2.75, 3.05) is 13.6 Å². The number of ether oxygens (including phenoxy) is 3. The van der Waals surface area contributed by atoms with Gasteiger partial charge >= 0.3 is 23.9 Å². The van der Waals surface area contributed by atoms with Crippen molar-refractivity contribution < 1.29 is 68.8 Å². The Labute approximate surface area is 255 Å². The summed E-state index contributed by atoms with van der Waals surface area (Å²) in [7, 11) is 1.91. The predicted molar refractivity (Wildman–Crippen MR) is 146 cm³/mol. The van der Waals surface area contributed by atoms with Gasteiger partial charge in [-0.25, -0.2) is 14.4 Å². The lowest BCUT2D eigenvalue weighted by molar-refractivity contribution is -0.181. The zero-order chi connectivity index (χ0) is 33.0. The molecule has 16 nitrogen and oxygen atoms in total. The Balaban J connectivity index is 1.31. The number of esters is 2. The first-order valence-corrected chi connectivity index (χ1v) is 14.2. The maximum absolute atomic E-state index is 13.0. The smallest absolute Gasteiger partial charge is 0.343 e. The highest BCUT2D eigenvalue weighted by Crippen LogP contribution is 2.64. The van der Waals surface area contributed by atoms with E-state index in [4.69, 9.17) is 24.4 Å². The van der Waals surface area contributed by atoms with Gasteiger partial charge in [-0.3, -0.25) is 9.59 Å². The lowest BCUT2D eigenvalue weighted by atomic mass is 9.50. The Kier molecular flexibility index (Phi) is 8.39. The van der Waals surface area contributed by atoms with Gasteiger partial charge in [0.2, 0.25) is 0 Å². The molecule has 7 N–H and O–H groups in total. The summed E-state index contributed by atoms with van der Waals surface area (Å²) >= 11 is 0. The summed E-state index contributed by atoms with van der Waals surface area (Å²) < 4.78 is 16.5. The van der Waals surface area contributed by atoms with Crippen molar-refractivity contribution in [3.05, 3.63) is 40.7 Å². The molecular formula is C29H34N2O14. The Morgan fingerprint density at radius 1 is 1.13 bits per heavy atom. The average Bonchev–Trinajstić information content (AvgIpc) is 3.34. The van der Waals surface area contributed by atoms with Crippen LogP contribution in [0.4, 0.5) is 0 Å². The molecule has 2 aliphatic heterocycles. The molecule has 0 saturated carbocycles. The highest BCUT2D eigenvalue weighted by Gasteiger charge is 2.72. The number of hydrogen-bond acceptors (Lipinski definition) is 13. The number of hydrogen-bond donors (Lipinski definition) is 7. The van der Waals surface area contributed by atoms with Crippen LogP contribution in [0.5, 0.6) is 5.75 Å². The molecule has 8 atom stereocenters. The number of likely N-dealkylation sites (N-methyl/N-ethyl adjacent to an activating group) is 1. The SMILES string of the molecule is C[C@H](OC(=O)[C@H](O)[C@@H](O)C(=O)OC1=CC[C@@]2(O)[C@H]3Cc4ccc(CO)c5c4[C@@]2(CCN3C)[C@H]1O5)C(=O)N[C@@H](CC(=O)O)C(=O)O. The van der Waals surface area contributed by atoms with Gasteiger partial charge < -0.3 is 55.1 Å². The molecule has 0 radical (unpaired) electrons. The van der Waals surface area contributed by atoms with E-state index in [1.165, 1.54) is 6.08 Å². The summed E-state index contributed by atoms with van der Waals surface area (Å²) in [6, 6.07) is 1.49. The fourth-order valence-electron chi connectivity index (χ4n) is 7.03. The number of aliphatic hydroxyl groups is 4. The van der Waals surface area contributed by atoms with E-state index in [2.05, 4.69) is 4.90 Å². The van der Waals surface area contributed by atoms with E-state index >= 15 is 0 Å². The molecular weight excluding hydrogens is 600 g/mol. The van der Waals surface area contributed by atoms with Crippen LogP contribution in [0, 0.1) is 0 Å². The number of piperidine rings is 1. The molecule has 1 saturated heterocycles. The van der Waals surface area contributed by atoms with Crippen LogP contribution in [-0.4, -0.2) is 121 Å². The van der Waals surface area contributed by atoms with Gasteiger partial charge in [0.05, 0.1) is 24.0 Å². The molecule has 0 unspecified atom stereocenters. The van der Waals surface area contributed by atoms with Crippen molar-refractivity contribution in [2.45, 2.75) is 86.7 Å². The molecule has 16 heteroatoms. The summed E-state index contributed by atoms with van der Waals surface area (Å²) in [5, 5.41) is 62.8. The van der Waals surface area contributed by atoms with Crippen LogP contribution >= 0.6 is 0 Å². The normalized spacial score (nSPS) is 28.7. The predicted octanol–water partition coefficient (Wildman–Crippen LogP) is -2.30. The van der Waals surface area contributed by atoms with Crippen molar-refractivity contribution >= 4 is 29.8 Å². The van der Waals surface area contributed by atoms with Crippen molar-refractivity contribution in [3.8, 4) is 5.75 Å². The van der Waals surface area contributed by atoms with Crippen molar-refractivity contribution in [1.29, 1.82) is 0 Å². The molecule has 2 bridgehead atoms. The number of nitrogens with zero attached hydrogens (tertiary/aromatic N) is 1. The molecule has 1 aromatic rings. The molecule has 45 heavy (non-hydrogen) atoms. The van der Waals surface area contributed by atoms with Crippen molar-refractivity contribution in [3.63, 3.8) is 0 Å². The highest BCUT2D eigenvalue weighted by molar-refractivity contribution is 5.91. The number of likely N-dealkylation sites (tertiary alicyclic amines) is 1. The summed E-state index contributed by atoms with van der Waals surface area (Å²) in [5.74, 6) is -7.13. The Morgan fingerprint density at radius 3 is 2.47 bits per heavy atom. The summed E-state index contributed by atoms with van der Waals surface area (Å²) in [6.07, 6.45) is -6.30. The number of carboxylic acids is 2. The van der Waals surface area contributed by atoms with Gasteiger partial charge in [-0.05, 0) is 45.0 Å². The van der Waals surface area contributed by atoms with Crippen LogP contribution in [0.3, 0.4) is 0 Å². The van der Waals surface area contributed by atoms with E-state index in [0.29, 0.717) is 30.7 Å². The molecule has 244 valence electrons. The minimum atomic E-state index is -2.53. The van der Waals surface area contributed by atoms with E-state index in [1.54, 1.807) is 6.07 Å². The third-order valence-corrected chi connectivity index (χ3v) is 9.28. The van der Waals surface area contributed by atoms with Crippen molar-refractivity contribution in [2.24, 2.45) is 0 Å². The largest absolute Gasteiger partial charge is 0.481 e. The van der Waals surface area contributed by atoms with E-state index < -0.39 is 77.7 Å². The molecule has 2 heterocycles. The second kappa shape index (κ2) is 11.7. The number of amides is 1. The first-order valence-electron chi connectivity index (χ1n) is 14.2. The summed E-state index contributed by atoms with van der Waals surface area (Å²) in [4.78, 5) is 61.8. The van der Waals surface area contributed by atoms with Crippen LogP contribution in [0.15, 0.2) is 24.0 Å². The summed E-state index contributed by atoms with van der Waals surface area (Å²) in [5.41, 5.74) is -0.236. The van der Waals surface area contributed by atoms with Crippen LogP contribution in [0.1, 0.15) is 42.9 Å². The van der Waals surface area contributed by atoms with Gasteiger partial charge in [-0.1, -0.05) is 12.1 Å². The number of rotatable bonds is 11. The number of nitrogens with one attached hydrogen (secondary N) is 1. The lowest BCUT2D eigenvalue weighted by Gasteiger charge is -2.61. The third kappa shape index (κ3) is 5.11. The maximum atomic E-state index is 13.0. The highest BCUT2D eigenvalue weighted by atomic mass is 16.6. The number of benzene rings is 1. The Bertz CT molecular complexity index is 1480. The fraction of sp³-hybridized carbons (Fsp3) is 0.552. The molecule has 1 fully saturated rings. The molecule has 5 rings (SSSR count). The molecule has 1 aromatic carbocycles. The van der Waals surface area contributed by atoms with Gasteiger partial charge in [-0.15, -0.1) is 0 Å². The molecule has 4 aliphatic rings. The van der Waals surface area contributed by atoms with E-state index in [9.17, 15) is 44.4 Å². The standard InChI is InChI=1S/C29H34N2O14/c1-12(24(37)30-15(25(38)39)10-18(33)34)43-26(40)20(35)21(36)27(41)44-16-5-6-29(42)17-9-13-3-4-14(11-32)22-19(13)28(29,23(16)45-22)7-8-31(17)2/h3-5,12,15,17,20-21,23,32,35-36,42H,6-11H2,1-2H3,(H,30,37)(H,33,34)(H,38,39)/t12-,15-,17+,20+,21+,23-,28-,29+/m0/s1. The monoisotopic (exact) mass is 634 g/mol. The number of aliphatic carboxylic acids is 2.